The monoisotopic (exact) mass is 279 g/mol. The number of aryl methyl sites for hydroxylation is 2. The molecule has 3 aromatic rings. The summed E-state index contributed by atoms with van der Waals surface area (Å²) in [5.41, 5.74) is 11.1. The molecule has 1 aromatic heterocycles. The first kappa shape index (κ1) is 13.8. The maximum absolute atomic E-state index is 6.39. The van der Waals surface area contributed by atoms with Crippen molar-refractivity contribution in [1.29, 1.82) is 0 Å². The highest BCUT2D eigenvalue weighted by molar-refractivity contribution is 5.82. The van der Waals surface area contributed by atoms with Crippen LogP contribution in [0.3, 0.4) is 0 Å². The molecule has 0 radical (unpaired) electrons. The highest BCUT2D eigenvalue weighted by atomic mass is 15.3. The second-order valence-corrected chi connectivity index (χ2v) is 5.50. The van der Waals surface area contributed by atoms with Gasteiger partial charge in [-0.2, -0.15) is 5.10 Å². The van der Waals surface area contributed by atoms with Crippen molar-refractivity contribution in [3.05, 3.63) is 65.4 Å². The van der Waals surface area contributed by atoms with Crippen molar-refractivity contribution in [1.82, 2.24) is 9.78 Å². The Kier molecular flexibility index (Phi) is 3.76. The van der Waals surface area contributed by atoms with Crippen molar-refractivity contribution in [2.24, 2.45) is 5.73 Å². The molecule has 0 amide bonds. The molecule has 3 nitrogen and oxygen atoms in total. The lowest BCUT2D eigenvalue weighted by Crippen LogP contribution is -2.14. The molecular weight excluding hydrogens is 258 g/mol. The van der Waals surface area contributed by atoms with Crippen molar-refractivity contribution in [3.63, 3.8) is 0 Å². The molecule has 108 valence electrons. The third-order valence-corrected chi connectivity index (χ3v) is 3.92. The standard InChI is InChI=1S/C18H21N3/c1-3-21-18-10-5-4-9-15(18)17(20-21)12-16(19)14-8-6-7-13(2)11-14/h4-11,16H,3,12,19H2,1-2H3. The fourth-order valence-electron chi connectivity index (χ4n) is 2.81. The SMILES string of the molecule is CCn1nc(CC(N)c2cccc(C)c2)c2ccccc21. The van der Waals surface area contributed by atoms with Gasteiger partial charge in [-0.15, -0.1) is 0 Å². The molecule has 21 heavy (non-hydrogen) atoms. The summed E-state index contributed by atoms with van der Waals surface area (Å²) in [6.07, 6.45) is 0.761. The van der Waals surface area contributed by atoms with Gasteiger partial charge in [0.1, 0.15) is 0 Å². The third-order valence-electron chi connectivity index (χ3n) is 3.92. The molecule has 0 bridgehead atoms. The van der Waals surface area contributed by atoms with E-state index < -0.39 is 0 Å². The number of nitrogens with zero attached hydrogens (tertiary/aromatic N) is 2. The molecule has 3 rings (SSSR count). The Morgan fingerprint density at radius 1 is 1.14 bits per heavy atom. The number of rotatable bonds is 4. The Bertz CT molecular complexity index is 758. The van der Waals surface area contributed by atoms with Crippen LogP contribution in [-0.2, 0) is 13.0 Å². The second kappa shape index (κ2) is 5.70. The van der Waals surface area contributed by atoms with Crippen LogP contribution < -0.4 is 5.73 Å². The van der Waals surface area contributed by atoms with Crippen molar-refractivity contribution in [3.8, 4) is 0 Å². The Labute approximate surface area is 125 Å². The van der Waals surface area contributed by atoms with Crippen LogP contribution in [0.25, 0.3) is 10.9 Å². The van der Waals surface area contributed by atoms with Gasteiger partial charge in [0.15, 0.2) is 0 Å². The van der Waals surface area contributed by atoms with Crippen LogP contribution in [0.1, 0.15) is 29.8 Å². The molecule has 3 heteroatoms. The number of aromatic nitrogens is 2. The molecule has 2 aromatic carbocycles. The Morgan fingerprint density at radius 3 is 2.71 bits per heavy atom. The molecule has 2 N–H and O–H groups in total. The average Bonchev–Trinajstić information content (AvgIpc) is 2.85. The molecule has 1 atom stereocenters. The average molecular weight is 279 g/mol. The quantitative estimate of drug-likeness (QED) is 0.793. The summed E-state index contributed by atoms with van der Waals surface area (Å²) in [5, 5.41) is 5.94. The van der Waals surface area contributed by atoms with Crippen LogP contribution >= 0.6 is 0 Å². The summed E-state index contributed by atoms with van der Waals surface area (Å²) >= 11 is 0. The minimum absolute atomic E-state index is 0.0199. The van der Waals surface area contributed by atoms with E-state index in [0.29, 0.717) is 0 Å². The minimum atomic E-state index is -0.0199. The van der Waals surface area contributed by atoms with Crippen molar-refractivity contribution in [2.45, 2.75) is 32.9 Å². The number of benzene rings is 2. The van der Waals surface area contributed by atoms with Crippen LogP contribution in [0.4, 0.5) is 0 Å². The Hall–Kier alpha value is -2.13. The zero-order chi connectivity index (χ0) is 14.8. The van der Waals surface area contributed by atoms with Gasteiger partial charge in [0, 0.05) is 24.4 Å². The number of fused-ring (bicyclic) bond motifs is 1. The summed E-state index contributed by atoms with van der Waals surface area (Å²) in [6.45, 7) is 5.08. The molecule has 0 spiro atoms. The highest BCUT2D eigenvalue weighted by Crippen LogP contribution is 2.23. The number of nitrogens with two attached hydrogens (primary N) is 1. The summed E-state index contributed by atoms with van der Waals surface area (Å²) in [5.74, 6) is 0. The number of hydrogen-bond acceptors (Lipinski definition) is 2. The van der Waals surface area contributed by atoms with Gasteiger partial charge in [-0.3, -0.25) is 4.68 Å². The van der Waals surface area contributed by atoms with E-state index in [0.717, 1.165) is 18.7 Å². The lowest BCUT2D eigenvalue weighted by atomic mass is 10.00. The van der Waals surface area contributed by atoms with E-state index in [9.17, 15) is 0 Å². The first-order chi connectivity index (χ1) is 10.2. The van der Waals surface area contributed by atoms with E-state index in [1.807, 2.05) is 4.68 Å². The normalized spacial score (nSPS) is 12.7. The Balaban J connectivity index is 1.94. The van der Waals surface area contributed by atoms with E-state index in [2.05, 4.69) is 62.4 Å². The largest absolute Gasteiger partial charge is 0.324 e. The zero-order valence-corrected chi connectivity index (χ0v) is 12.6. The summed E-state index contributed by atoms with van der Waals surface area (Å²) in [7, 11) is 0. The highest BCUT2D eigenvalue weighted by Gasteiger charge is 2.14. The van der Waals surface area contributed by atoms with Crippen LogP contribution in [0.15, 0.2) is 48.5 Å². The van der Waals surface area contributed by atoms with Crippen LogP contribution in [0, 0.1) is 6.92 Å². The van der Waals surface area contributed by atoms with E-state index in [1.165, 1.54) is 22.0 Å². The summed E-state index contributed by atoms with van der Waals surface area (Å²) in [4.78, 5) is 0. The fraction of sp³-hybridized carbons (Fsp3) is 0.278. The number of hydrogen-bond donors (Lipinski definition) is 1. The molecule has 1 heterocycles. The topological polar surface area (TPSA) is 43.8 Å². The molecule has 0 saturated carbocycles. The zero-order valence-electron chi connectivity index (χ0n) is 12.6. The van der Waals surface area contributed by atoms with E-state index in [1.54, 1.807) is 0 Å². The van der Waals surface area contributed by atoms with Gasteiger partial charge in [-0.1, -0.05) is 48.0 Å². The van der Waals surface area contributed by atoms with Crippen LogP contribution in [-0.4, -0.2) is 9.78 Å². The first-order valence-corrected chi connectivity index (χ1v) is 7.45. The van der Waals surface area contributed by atoms with Crippen molar-refractivity contribution < 1.29 is 0 Å². The molecule has 0 aliphatic carbocycles. The summed E-state index contributed by atoms with van der Waals surface area (Å²) in [6, 6.07) is 16.8. The van der Waals surface area contributed by atoms with E-state index >= 15 is 0 Å². The van der Waals surface area contributed by atoms with Gasteiger partial charge in [-0.05, 0) is 25.5 Å². The van der Waals surface area contributed by atoms with Gasteiger partial charge in [0.2, 0.25) is 0 Å². The van der Waals surface area contributed by atoms with Gasteiger partial charge in [-0.25, -0.2) is 0 Å². The van der Waals surface area contributed by atoms with Gasteiger partial charge in [0.05, 0.1) is 11.2 Å². The minimum Gasteiger partial charge on any atom is -0.324 e. The second-order valence-electron chi connectivity index (χ2n) is 5.50. The fourth-order valence-corrected chi connectivity index (χ4v) is 2.81. The van der Waals surface area contributed by atoms with Crippen molar-refractivity contribution in [2.75, 3.05) is 0 Å². The van der Waals surface area contributed by atoms with Crippen LogP contribution in [0.2, 0.25) is 0 Å². The maximum Gasteiger partial charge on any atom is 0.0722 e. The first-order valence-electron chi connectivity index (χ1n) is 7.45. The number of para-hydroxylation sites is 1. The molecule has 0 aliphatic rings. The summed E-state index contributed by atoms with van der Waals surface area (Å²) < 4.78 is 2.05. The Morgan fingerprint density at radius 2 is 1.95 bits per heavy atom. The lowest BCUT2D eigenvalue weighted by molar-refractivity contribution is 0.641. The van der Waals surface area contributed by atoms with Gasteiger partial charge < -0.3 is 5.73 Å². The predicted octanol–water partition coefficient (Wildman–Crippen LogP) is 3.61. The van der Waals surface area contributed by atoms with Gasteiger partial charge >= 0.3 is 0 Å². The smallest absolute Gasteiger partial charge is 0.0722 e. The van der Waals surface area contributed by atoms with Gasteiger partial charge in [0.25, 0.3) is 0 Å². The van der Waals surface area contributed by atoms with Crippen molar-refractivity contribution >= 4 is 10.9 Å². The molecule has 0 fully saturated rings. The molecule has 1 unspecified atom stereocenters. The van der Waals surface area contributed by atoms with E-state index in [4.69, 9.17) is 10.8 Å². The lowest BCUT2D eigenvalue weighted by Gasteiger charge is -2.11. The predicted molar refractivity (Wildman–Crippen MR) is 87.2 cm³/mol. The molecular formula is C18H21N3. The maximum atomic E-state index is 6.39. The third kappa shape index (κ3) is 2.69. The van der Waals surface area contributed by atoms with Crippen LogP contribution in [0.5, 0.6) is 0 Å². The molecule has 0 saturated heterocycles. The molecule has 0 aliphatic heterocycles. The van der Waals surface area contributed by atoms with E-state index in [-0.39, 0.29) is 6.04 Å².